The second-order valence-corrected chi connectivity index (χ2v) is 8.94. The van der Waals surface area contributed by atoms with Crippen LogP contribution in [0.1, 0.15) is 46.3 Å². The molecule has 3 aromatic carbocycles. The van der Waals surface area contributed by atoms with Crippen LogP contribution in [0.2, 0.25) is 0 Å². The number of halogens is 4. The van der Waals surface area contributed by atoms with Crippen molar-refractivity contribution in [1.29, 1.82) is 0 Å². The monoisotopic (exact) mass is 516 g/mol. The maximum atomic E-state index is 14.2. The van der Waals surface area contributed by atoms with E-state index < -0.39 is 35.5 Å². The number of hydrogen-bond donors (Lipinski definition) is 1. The first-order valence-electron chi connectivity index (χ1n) is 11.8. The molecule has 2 atom stereocenters. The van der Waals surface area contributed by atoms with Crippen molar-refractivity contribution >= 4 is 5.91 Å². The first kappa shape index (κ1) is 26.5. The predicted octanol–water partition coefficient (Wildman–Crippen LogP) is 5.62. The number of aryl methyl sites for hydroxylation is 1. The Hall–Kier alpha value is -3.59. The zero-order valence-corrected chi connectivity index (χ0v) is 20.5. The van der Waals surface area contributed by atoms with E-state index in [0.29, 0.717) is 30.0 Å². The highest BCUT2D eigenvalue weighted by Crippen LogP contribution is 2.44. The van der Waals surface area contributed by atoms with Crippen LogP contribution in [0.15, 0.2) is 60.7 Å². The Morgan fingerprint density at radius 3 is 2.35 bits per heavy atom. The average Bonchev–Trinajstić information content (AvgIpc) is 2.86. The highest BCUT2D eigenvalue weighted by molar-refractivity contribution is 5.81. The first-order chi connectivity index (χ1) is 17.7. The van der Waals surface area contributed by atoms with Crippen LogP contribution in [0, 0.1) is 5.82 Å². The van der Waals surface area contributed by atoms with E-state index in [-0.39, 0.29) is 18.4 Å². The summed E-state index contributed by atoms with van der Waals surface area (Å²) in [5.74, 6) is -0.879. The summed E-state index contributed by atoms with van der Waals surface area (Å²) in [5.41, 5.74) is 6.88. The van der Waals surface area contributed by atoms with Crippen molar-refractivity contribution in [2.24, 2.45) is 5.73 Å². The summed E-state index contributed by atoms with van der Waals surface area (Å²) in [6.45, 7) is 0.435. The maximum Gasteiger partial charge on any atom is 0.419 e. The van der Waals surface area contributed by atoms with E-state index in [1.54, 1.807) is 30.3 Å². The number of rotatable bonds is 8. The van der Waals surface area contributed by atoms with Crippen LogP contribution in [0.25, 0.3) is 0 Å². The van der Waals surface area contributed by atoms with Gasteiger partial charge in [-0.25, -0.2) is 4.39 Å². The molecule has 196 valence electrons. The molecular weight excluding hydrogens is 488 g/mol. The molecule has 1 heterocycles. The largest absolute Gasteiger partial charge is 0.493 e. The fourth-order valence-electron chi connectivity index (χ4n) is 5.22. The molecule has 0 spiro atoms. The van der Waals surface area contributed by atoms with E-state index in [1.165, 1.54) is 26.4 Å². The average molecular weight is 517 g/mol. The number of ether oxygens (including phenoxy) is 2. The molecule has 0 fully saturated rings. The number of fused-ring (bicyclic) bond motifs is 1. The Bertz CT molecular complexity index is 1260. The maximum absolute atomic E-state index is 14.2. The number of benzene rings is 3. The van der Waals surface area contributed by atoms with Crippen LogP contribution in [-0.2, 0) is 23.8 Å². The molecule has 0 radical (unpaired) electrons. The van der Waals surface area contributed by atoms with Crippen molar-refractivity contribution in [3.63, 3.8) is 0 Å². The lowest BCUT2D eigenvalue weighted by atomic mass is 9.85. The number of carbonyl (C=O) groups is 1. The molecule has 1 aliphatic rings. The summed E-state index contributed by atoms with van der Waals surface area (Å²) in [7, 11) is 3.02. The number of primary amides is 1. The summed E-state index contributed by atoms with van der Waals surface area (Å²) < 4.78 is 66.2. The van der Waals surface area contributed by atoms with Crippen molar-refractivity contribution in [2.75, 3.05) is 20.8 Å². The smallest absolute Gasteiger partial charge is 0.419 e. The zero-order valence-electron chi connectivity index (χ0n) is 20.5. The molecule has 5 nitrogen and oxygen atoms in total. The SMILES string of the molecule is COc1cc2c(cc1OC)[C@H](CCc1cccc(F)c1C(F)(F)F)N(C(C(N)=O)c1ccccc1)CC2. The lowest BCUT2D eigenvalue weighted by Gasteiger charge is -2.42. The minimum atomic E-state index is -4.83. The summed E-state index contributed by atoms with van der Waals surface area (Å²) in [4.78, 5) is 14.6. The van der Waals surface area contributed by atoms with Gasteiger partial charge in [-0.1, -0.05) is 42.5 Å². The van der Waals surface area contributed by atoms with E-state index in [2.05, 4.69) is 0 Å². The Morgan fingerprint density at radius 2 is 1.73 bits per heavy atom. The highest BCUT2D eigenvalue weighted by atomic mass is 19.4. The molecule has 0 saturated heterocycles. The van der Waals surface area contributed by atoms with E-state index in [4.69, 9.17) is 15.2 Å². The van der Waals surface area contributed by atoms with Gasteiger partial charge in [-0.3, -0.25) is 9.69 Å². The zero-order chi connectivity index (χ0) is 26.7. The van der Waals surface area contributed by atoms with Gasteiger partial charge in [0.25, 0.3) is 0 Å². The van der Waals surface area contributed by atoms with Crippen molar-refractivity contribution in [3.05, 3.63) is 94.3 Å². The van der Waals surface area contributed by atoms with Crippen molar-refractivity contribution < 1.29 is 31.8 Å². The van der Waals surface area contributed by atoms with Crippen LogP contribution in [0.4, 0.5) is 17.6 Å². The second kappa shape index (κ2) is 10.8. The van der Waals surface area contributed by atoms with Gasteiger partial charge >= 0.3 is 6.18 Å². The number of carbonyl (C=O) groups excluding carboxylic acids is 1. The molecule has 0 aromatic heterocycles. The number of nitrogens with two attached hydrogens (primary N) is 1. The number of methoxy groups -OCH3 is 2. The number of nitrogens with zero attached hydrogens (tertiary/aromatic N) is 1. The predicted molar refractivity (Wildman–Crippen MR) is 131 cm³/mol. The summed E-state index contributed by atoms with van der Waals surface area (Å²) in [5, 5.41) is 0. The van der Waals surface area contributed by atoms with Crippen LogP contribution in [0.3, 0.4) is 0 Å². The van der Waals surface area contributed by atoms with E-state index >= 15 is 0 Å². The van der Waals surface area contributed by atoms with E-state index in [1.807, 2.05) is 17.0 Å². The fraction of sp³-hybridized carbons (Fsp3) is 0.321. The molecule has 9 heteroatoms. The minimum Gasteiger partial charge on any atom is -0.493 e. The molecule has 0 aliphatic carbocycles. The molecule has 0 saturated carbocycles. The van der Waals surface area contributed by atoms with Crippen LogP contribution in [-0.4, -0.2) is 31.6 Å². The third-order valence-electron chi connectivity index (χ3n) is 6.83. The fourth-order valence-corrected chi connectivity index (χ4v) is 5.22. The molecule has 2 N–H and O–H groups in total. The topological polar surface area (TPSA) is 64.8 Å². The van der Waals surface area contributed by atoms with Gasteiger partial charge in [0.1, 0.15) is 11.9 Å². The van der Waals surface area contributed by atoms with Gasteiger partial charge in [0.05, 0.1) is 19.8 Å². The number of amides is 1. The molecule has 0 bridgehead atoms. The lowest BCUT2D eigenvalue weighted by molar-refractivity contribution is -0.140. The summed E-state index contributed by atoms with van der Waals surface area (Å²) in [6, 6.07) is 14.7. The van der Waals surface area contributed by atoms with Crippen molar-refractivity contribution in [1.82, 2.24) is 4.90 Å². The van der Waals surface area contributed by atoms with Gasteiger partial charge in [0, 0.05) is 12.6 Å². The Morgan fingerprint density at radius 1 is 1.05 bits per heavy atom. The third kappa shape index (κ3) is 5.41. The van der Waals surface area contributed by atoms with Gasteiger partial charge < -0.3 is 15.2 Å². The van der Waals surface area contributed by atoms with Gasteiger partial charge in [-0.05, 0) is 59.7 Å². The van der Waals surface area contributed by atoms with Gasteiger partial charge in [0.15, 0.2) is 11.5 Å². The summed E-state index contributed by atoms with van der Waals surface area (Å²) >= 11 is 0. The van der Waals surface area contributed by atoms with E-state index in [9.17, 15) is 22.4 Å². The summed E-state index contributed by atoms with van der Waals surface area (Å²) in [6.07, 6.45) is -4.15. The molecule has 4 rings (SSSR count). The Labute approximate surface area is 212 Å². The first-order valence-corrected chi connectivity index (χ1v) is 11.8. The standard InChI is InChI=1S/C28H28F4N2O3/c1-36-23-15-19-13-14-34(26(27(33)35)18-7-4-3-5-8-18)22(20(19)16-24(23)37-2)12-11-17-9-6-10-21(29)25(17)28(30,31)32/h3-10,15-16,22,26H,11-14H2,1-2H3,(H2,33,35)/t22-,26?/m0/s1. The van der Waals surface area contributed by atoms with Crippen LogP contribution in [0.5, 0.6) is 11.5 Å². The van der Waals surface area contributed by atoms with Gasteiger partial charge in [-0.15, -0.1) is 0 Å². The molecule has 1 amide bonds. The van der Waals surface area contributed by atoms with Crippen LogP contribution < -0.4 is 15.2 Å². The van der Waals surface area contributed by atoms with Gasteiger partial charge in [0.2, 0.25) is 5.91 Å². The second-order valence-electron chi connectivity index (χ2n) is 8.94. The number of alkyl halides is 3. The van der Waals surface area contributed by atoms with E-state index in [0.717, 1.165) is 17.2 Å². The lowest BCUT2D eigenvalue weighted by Crippen LogP contribution is -2.44. The Balaban J connectivity index is 1.80. The number of hydrogen-bond acceptors (Lipinski definition) is 4. The normalized spacial score (nSPS) is 16.6. The van der Waals surface area contributed by atoms with Crippen molar-refractivity contribution in [2.45, 2.75) is 37.5 Å². The molecule has 1 aliphatic heterocycles. The molecule has 3 aromatic rings. The van der Waals surface area contributed by atoms with Crippen LogP contribution >= 0.6 is 0 Å². The van der Waals surface area contributed by atoms with Gasteiger partial charge in [-0.2, -0.15) is 13.2 Å². The Kier molecular flexibility index (Phi) is 7.73. The molecule has 1 unspecified atom stereocenters. The molecule has 37 heavy (non-hydrogen) atoms. The minimum absolute atomic E-state index is 0.0676. The third-order valence-corrected chi connectivity index (χ3v) is 6.83. The van der Waals surface area contributed by atoms with Crippen molar-refractivity contribution in [3.8, 4) is 11.5 Å². The highest BCUT2D eigenvalue weighted by Gasteiger charge is 2.39. The molecular formula is C28H28F4N2O3. The quantitative estimate of drug-likeness (QED) is 0.395.